The van der Waals surface area contributed by atoms with Gasteiger partial charge in [0.25, 0.3) is 0 Å². The minimum Gasteiger partial charge on any atom is -0.469 e. The van der Waals surface area contributed by atoms with Crippen LogP contribution in [0.5, 0.6) is 0 Å². The Balaban J connectivity index is 2.19. The van der Waals surface area contributed by atoms with Crippen LogP contribution in [0.4, 0.5) is 0 Å². The van der Waals surface area contributed by atoms with Crippen LogP contribution in [0.3, 0.4) is 0 Å². The van der Waals surface area contributed by atoms with E-state index in [1.54, 1.807) is 17.6 Å². The molecule has 2 nitrogen and oxygen atoms in total. The lowest BCUT2D eigenvalue weighted by atomic mass is 10.0. The molecule has 2 rings (SSSR count). The molecule has 1 atom stereocenters. The molecule has 86 valence electrons. The molecule has 4 heteroatoms. The molecule has 0 saturated carbocycles. The molecule has 0 fully saturated rings. The zero-order valence-corrected chi connectivity index (χ0v) is 11.7. The molecule has 2 aromatic heterocycles. The van der Waals surface area contributed by atoms with E-state index in [4.69, 9.17) is 4.42 Å². The van der Waals surface area contributed by atoms with Crippen molar-refractivity contribution in [3.8, 4) is 0 Å². The predicted molar refractivity (Wildman–Crippen MR) is 71.0 cm³/mol. The number of thiophene rings is 1. The zero-order valence-electron chi connectivity index (χ0n) is 9.29. The number of rotatable bonds is 4. The van der Waals surface area contributed by atoms with Crippen molar-refractivity contribution in [3.05, 3.63) is 44.4 Å². The van der Waals surface area contributed by atoms with E-state index in [0.717, 1.165) is 12.2 Å². The minimum atomic E-state index is 0.314. The fourth-order valence-corrected chi connectivity index (χ4v) is 3.34. The summed E-state index contributed by atoms with van der Waals surface area (Å²) in [5, 5.41) is 5.44. The highest BCUT2D eigenvalue weighted by molar-refractivity contribution is 9.10. The van der Waals surface area contributed by atoms with Crippen LogP contribution in [0.1, 0.15) is 22.2 Å². The van der Waals surface area contributed by atoms with E-state index in [1.165, 1.54) is 14.9 Å². The number of furan rings is 1. The summed E-state index contributed by atoms with van der Waals surface area (Å²) in [4.78, 5) is 1.36. The highest BCUT2D eigenvalue weighted by Crippen LogP contribution is 2.29. The molecule has 0 radical (unpaired) electrons. The molecule has 0 amide bonds. The van der Waals surface area contributed by atoms with E-state index in [0.29, 0.717) is 6.04 Å². The lowest BCUT2D eigenvalue weighted by molar-refractivity contribution is 0.512. The largest absolute Gasteiger partial charge is 0.469 e. The maximum atomic E-state index is 5.35. The van der Waals surface area contributed by atoms with Gasteiger partial charge in [-0.05, 0) is 47.4 Å². The Morgan fingerprint density at radius 1 is 1.50 bits per heavy atom. The maximum Gasteiger partial charge on any atom is 0.105 e. The average Bonchev–Trinajstić information content (AvgIpc) is 2.85. The molecular weight excluding hydrogens is 286 g/mol. The van der Waals surface area contributed by atoms with Crippen molar-refractivity contribution in [3.63, 3.8) is 0 Å². The van der Waals surface area contributed by atoms with Crippen molar-refractivity contribution in [2.45, 2.75) is 19.4 Å². The molecule has 1 N–H and O–H groups in total. The Kier molecular flexibility index (Phi) is 3.84. The Bertz CT molecular complexity index is 463. The van der Waals surface area contributed by atoms with E-state index in [2.05, 4.69) is 32.7 Å². The molecule has 2 aromatic rings. The third kappa shape index (κ3) is 2.39. The second-order valence-electron chi connectivity index (χ2n) is 3.67. The van der Waals surface area contributed by atoms with E-state index in [1.807, 2.05) is 20.0 Å². The second kappa shape index (κ2) is 5.17. The van der Waals surface area contributed by atoms with Crippen molar-refractivity contribution >= 4 is 27.3 Å². The first kappa shape index (κ1) is 11.9. The number of hydrogen-bond acceptors (Lipinski definition) is 3. The topological polar surface area (TPSA) is 25.2 Å². The van der Waals surface area contributed by atoms with Gasteiger partial charge in [-0.15, -0.1) is 11.3 Å². The van der Waals surface area contributed by atoms with Crippen molar-refractivity contribution in [1.29, 1.82) is 0 Å². The van der Waals surface area contributed by atoms with Crippen LogP contribution in [0.25, 0.3) is 0 Å². The highest BCUT2D eigenvalue weighted by atomic mass is 79.9. The standard InChI is InChI=1S/C12H14BrNOS/c1-8-9(3-5-15-8)11(14-2)7-12-10(13)4-6-16-12/h3-6,11,14H,7H2,1-2H3. The van der Waals surface area contributed by atoms with Crippen molar-refractivity contribution in [1.82, 2.24) is 5.32 Å². The van der Waals surface area contributed by atoms with E-state index < -0.39 is 0 Å². The number of aryl methyl sites for hydroxylation is 1. The summed E-state index contributed by atoms with van der Waals surface area (Å²) in [7, 11) is 1.98. The van der Waals surface area contributed by atoms with Crippen LogP contribution in [0.15, 0.2) is 32.7 Å². The molecule has 1 unspecified atom stereocenters. The van der Waals surface area contributed by atoms with Gasteiger partial charge in [0.15, 0.2) is 0 Å². The summed E-state index contributed by atoms with van der Waals surface area (Å²) in [5.74, 6) is 0.993. The molecular formula is C12H14BrNOS. The predicted octanol–water partition coefficient (Wildman–Crippen LogP) is 3.92. The molecule has 0 aliphatic heterocycles. The summed E-state index contributed by atoms with van der Waals surface area (Å²) in [5.41, 5.74) is 1.24. The van der Waals surface area contributed by atoms with E-state index in [9.17, 15) is 0 Å². The molecule has 0 spiro atoms. The number of halogens is 1. The van der Waals surface area contributed by atoms with Gasteiger partial charge >= 0.3 is 0 Å². The van der Waals surface area contributed by atoms with Gasteiger partial charge in [0, 0.05) is 27.4 Å². The fraction of sp³-hybridized carbons (Fsp3) is 0.333. The van der Waals surface area contributed by atoms with Gasteiger partial charge in [0.1, 0.15) is 5.76 Å². The molecule has 16 heavy (non-hydrogen) atoms. The Morgan fingerprint density at radius 2 is 2.31 bits per heavy atom. The summed E-state index contributed by atoms with van der Waals surface area (Å²) in [6, 6.07) is 4.45. The monoisotopic (exact) mass is 299 g/mol. The van der Waals surface area contributed by atoms with Gasteiger partial charge in [-0.25, -0.2) is 0 Å². The second-order valence-corrected chi connectivity index (χ2v) is 5.52. The number of nitrogens with one attached hydrogen (secondary N) is 1. The van der Waals surface area contributed by atoms with Crippen LogP contribution in [-0.2, 0) is 6.42 Å². The van der Waals surface area contributed by atoms with Crippen LogP contribution in [0, 0.1) is 6.92 Å². The number of hydrogen-bond donors (Lipinski definition) is 1. The summed E-state index contributed by atoms with van der Waals surface area (Å²) in [6.07, 6.45) is 2.73. The molecule has 0 saturated heterocycles. The lowest BCUT2D eigenvalue weighted by Gasteiger charge is -2.14. The third-order valence-corrected chi connectivity index (χ3v) is 4.65. The van der Waals surface area contributed by atoms with Gasteiger partial charge < -0.3 is 9.73 Å². The lowest BCUT2D eigenvalue weighted by Crippen LogP contribution is -2.18. The SMILES string of the molecule is CNC(Cc1sccc1Br)c1ccoc1C. The first-order valence-corrected chi connectivity index (χ1v) is 6.82. The first-order valence-electron chi connectivity index (χ1n) is 5.15. The Morgan fingerprint density at radius 3 is 2.81 bits per heavy atom. The molecule has 0 bridgehead atoms. The maximum absolute atomic E-state index is 5.35. The van der Waals surface area contributed by atoms with Gasteiger partial charge in [0.2, 0.25) is 0 Å². The van der Waals surface area contributed by atoms with Crippen molar-refractivity contribution in [2.24, 2.45) is 0 Å². The quantitative estimate of drug-likeness (QED) is 0.926. The summed E-state index contributed by atoms with van der Waals surface area (Å²) >= 11 is 5.34. The van der Waals surface area contributed by atoms with Crippen LogP contribution in [0.2, 0.25) is 0 Å². The Hall–Kier alpha value is -0.580. The fourth-order valence-electron chi connectivity index (χ4n) is 1.78. The van der Waals surface area contributed by atoms with Gasteiger partial charge in [-0.1, -0.05) is 0 Å². The van der Waals surface area contributed by atoms with Gasteiger partial charge in [-0.3, -0.25) is 0 Å². The van der Waals surface area contributed by atoms with Gasteiger partial charge in [-0.2, -0.15) is 0 Å². The third-order valence-electron chi connectivity index (χ3n) is 2.70. The van der Waals surface area contributed by atoms with Gasteiger partial charge in [0.05, 0.1) is 6.26 Å². The molecule has 0 aromatic carbocycles. The van der Waals surface area contributed by atoms with Crippen LogP contribution in [-0.4, -0.2) is 7.05 Å². The zero-order chi connectivity index (χ0) is 11.5. The van der Waals surface area contributed by atoms with Crippen LogP contribution >= 0.6 is 27.3 Å². The first-order chi connectivity index (χ1) is 7.72. The summed E-state index contributed by atoms with van der Waals surface area (Å²) in [6.45, 7) is 2.00. The molecule has 2 heterocycles. The highest BCUT2D eigenvalue weighted by Gasteiger charge is 2.16. The molecule has 0 aliphatic carbocycles. The van der Waals surface area contributed by atoms with Crippen molar-refractivity contribution < 1.29 is 4.42 Å². The Labute approximate surface area is 108 Å². The average molecular weight is 300 g/mol. The van der Waals surface area contributed by atoms with Crippen molar-refractivity contribution in [2.75, 3.05) is 7.05 Å². The van der Waals surface area contributed by atoms with E-state index >= 15 is 0 Å². The normalized spacial score (nSPS) is 12.9. The summed E-state index contributed by atoms with van der Waals surface area (Å²) < 4.78 is 6.54. The van der Waals surface area contributed by atoms with Crippen LogP contribution < -0.4 is 5.32 Å². The smallest absolute Gasteiger partial charge is 0.105 e. The minimum absolute atomic E-state index is 0.314. The number of likely N-dealkylation sites (N-methyl/N-ethyl adjacent to an activating group) is 1. The molecule has 0 aliphatic rings. The van der Waals surface area contributed by atoms with E-state index in [-0.39, 0.29) is 0 Å².